The quantitative estimate of drug-likeness (QED) is 0.780. The highest BCUT2D eigenvalue weighted by molar-refractivity contribution is 5.78. The molecule has 116 valence electrons. The summed E-state index contributed by atoms with van der Waals surface area (Å²) in [7, 11) is 0. The van der Waals surface area contributed by atoms with Gasteiger partial charge in [0.1, 0.15) is 0 Å². The van der Waals surface area contributed by atoms with Crippen LogP contribution in [0.25, 0.3) is 0 Å². The summed E-state index contributed by atoms with van der Waals surface area (Å²) in [6, 6.07) is 3.47. The van der Waals surface area contributed by atoms with Crippen LogP contribution in [0.1, 0.15) is 18.4 Å². The van der Waals surface area contributed by atoms with Crippen LogP contribution in [0.15, 0.2) is 18.2 Å². The Hall–Kier alpha value is -1.53. The molecule has 6 heteroatoms. The fraction of sp³-hybridized carbons (Fsp3) is 0.533. The van der Waals surface area contributed by atoms with Gasteiger partial charge < -0.3 is 15.4 Å². The van der Waals surface area contributed by atoms with E-state index in [2.05, 4.69) is 10.6 Å². The molecule has 1 aliphatic rings. The molecule has 1 saturated heterocycles. The molecule has 0 aromatic heterocycles. The van der Waals surface area contributed by atoms with Gasteiger partial charge >= 0.3 is 0 Å². The van der Waals surface area contributed by atoms with Gasteiger partial charge in [-0.25, -0.2) is 8.78 Å². The normalized spacial score (nSPS) is 15.9. The van der Waals surface area contributed by atoms with Gasteiger partial charge in [-0.2, -0.15) is 0 Å². The number of hydrogen-bond acceptors (Lipinski definition) is 3. The van der Waals surface area contributed by atoms with E-state index in [9.17, 15) is 13.6 Å². The van der Waals surface area contributed by atoms with Gasteiger partial charge in [-0.3, -0.25) is 4.79 Å². The van der Waals surface area contributed by atoms with Gasteiger partial charge in [-0.15, -0.1) is 0 Å². The van der Waals surface area contributed by atoms with Gasteiger partial charge in [0, 0.05) is 6.54 Å². The Bertz CT molecular complexity index is 477. The van der Waals surface area contributed by atoms with Crippen LogP contribution in [0.3, 0.4) is 0 Å². The summed E-state index contributed by atoms with van der Waals surface area (Å²) in [6.45, 7) is 2.82. The third kappa shape index (κ3) is 5.40. The standard InChI is InChI=1S/C15H20F2N2O2/c16-13-2-1-11(9-14(13)17)10-15(20)19-7-8-21-12-3-5-18-6-4-12/h1-2,9,12,18H,3-8,10H2,(H,19,20). The Balaban J connectivity index is 1.63. The lowest BCUT2D eigenvalue weighted by Crippen LogP contribution is -2.35. The average Bonchev–Trinajstić information content (AvgIpc) is 2.49. The molecule has 0 saturated carbocycles. The number of carbonyl (C=O) groups is 1. The van der Waals surface area contributed by atoms with Gasteiger partial charge in [0.05, 0.1) is 19.1 Å². The number of benzene rings is 1. The van der Waals surface area contributed by atoms with E-state index in [1.54, 1.807) is 0 Å². The Morgan fingerprint density at radius 2 is 2.05 bits per heavy atom. The minimum atomic E-state index is -0.936. The first-order valence-electron chi connectivity index (χ1n) is 7.18. The molecule has 0 radical (unpaired) electrons. The van der Waals surface area contributed by atoms with E-state index in [4.69, 9.17) is 4.74 Å². The molecule has 0 atom stereocenters. The second kappa shape index (κ2) is 8.05. The van der Waals surface area contributed by atoms with Crippen LogP contribution in [-0.4, -0.2) is 38.3 Å². The SMILES string of the molecule is O=C(Cc1ccc(F)c(F)c1)NCCOC1CCNCC1. The van der Waals surface area contributed by atoms with E-state index in [1.807, 2.05) is 0 Å². The minimum Gasteiger partial charge on any atom is -0.376 e. The number of nitrogens with one attached hydrogen (secondary N) is 2. The zero-order valence-corrected chi connectivity index (χ0v) is 11.8. The van der Waals surface area contributed by atoms with Crippen LogP contribution in [-0.2, 0) is 16.0 Å². The molecular formula is C15H20F2N2O2. The van der Waals surface area contributed by atoms with Crippen LogP contribution in [0, 0.1) is 11.6 Å². The zero-order chi connectivity index (χ0) is 15.1. The van der Waals surface area contributed by atoms with E-state index < -0.39 is 11.6 Å². The Labute approximate surface area is 122 Å². The maximum atomic E-state index is 13.0. The molecule has 0 unspecified atom stereocenters. The van der Waals surface area contributed by atoms with Crippen molar-refractivity contribution in [1.82, 2.24) is 10.6 Å². The summed E-state index contributed by atoms with van der Waals surface area (Å²) < 4.78 is 31.4. The number of carbonyl (C=O) groups excluding carboxylic acids is 1. The van der Waals surface area contributed by atoms with Crippen molar-refractivity contribution in [3.63, 3.8) is 0 Å². The molecule has 0 bridgehead atoms. The fourth-order valence-corrected chi connectivity index (χ4v) is 2.28. The van der Waals surface area contributed by atoms with Crippen molar-refractivity contribution in [1.29, 1.82) is 0 Å². The summed E-state index contributed by atoms with van der Waals surface area (Å²) in [5.41, 5.74) is 0.450. The minimum absolute atomic E-state index is 0.0323. The van der Waals surface area contributed by atoms with E-state index in [1.165, 1.54) is 6.07 Å². The average molecular weight is 298 g/mol. The van der Waals surface area contributed by atoms with Crippen LogP contribution in [0.5, 0.6) is 0 Å². The topological polar surface area (TPSA) is 50.4 Å². The molecule has 21 heavy (non-hydrogen) atoms. The molecule has 1 aliphatic heterocycles. The highest BCUT2D eigenvalue weighted by Gasteiger charge is 2.13. The Morgan fingerprint density at radius 3 is 2.76 bits per heavy atom. The molecule has 1 aromatic carbocycles. The molecule has 0 spiro atoms. The summed E-state index contributed by atoms with van der Waals surface area (Å²) >= 11 is 0. The summed E-state index contributed by atoms with van der Waals surface area (Å²) in [5, 5.41) is 5.96. The summed E-state index contributed by atoms with van der Waals surface area (Å²) in [5.74, 6) is -2.07. The van der Waals surface area contributed by atoms with Crippen molar-refractivity contribution in [3.8, 4) is 0 Å². The lowest BCUT2D eigenvalue weighted by atomic mass is 10.1. The van der Waals surface area contributed by atoms with Gasteiger partial charge in [0.2, 0.25) is 5.91 Å². The first kappa shape index (κ1) is 15.9. The van der Waals surface area contributed by atoms with E-state index >= 15 is 0 Å². The molecule has 1 amide bonds. The van der Waals surface area contributed by atoms with E-state index in [-0.39, 0.29) is 18.4 Å². The fourth-order valence-electron chi connectivity index (χ4n) is 2.28. The second-order valence-electron chi connectivity index (χ2n) is 5.10. The van der Waals surface area contributed by atoms with Crippen molar-refractivity contribution in [3.05, 3.63) is 35.4 Å². The lowest BCUT2D eigenvalue weighted by Gasteiger charge is -2.22. The van der Waals surface area contributed by atoms with Gasteiger partial charge in [-0.1, -0.05) is 6.07 Å². The molecule has 1 heterocycles. The third-order valence-electron chi connectivity index (χ3n) is 3.41. The first-order valence-corrected chi connectivity index (χ1v) is 7.18. The Morgan fingerprint density at radius 1 is 1.29 bits per heavy atom. The first-order chi connectivity index (χ1) is 10.1. The predicted molar refractivity (Wildman–Crippen MR) is 74.9 cm³/mol. The molecule has 0 aliphatic carbocycles. The molecular weight excluding hydrogens is 278 g/mol. The monoisotopic (exact) mass is 298 g/mol. The number of rotatable bonds is 6. The number of amides is 1. The van der Waals surface area contributed by atoms with Crippen LogP contribution in [0.4, 0.5) is 8.78 Å². The van der Waals surface area contributed by atoms with Crippen LogP contribution >= 0.6 is 0 Å². The predicted octanol–water partition coefficient (Wildman–Crippen LogP) is 1.39. The highest BCUT2D eigenvalue weighted by atomic mass is 19.2. The summed E-state index contributed by atoms with van der Waals surface area (Å²) in [6.07, 6.45) is 2.27. The summed E-state index contributed by atoms with van der Waals surface area (Å²) in [4.78, 5) is 11.7. The van der Waals surface area contributed by atoms with Gasteiger partial charge in [0.15, 0.2) is 11.6 Å². The molecule has 2 N–H and O–H groups in total. The van der Waals surface area contributed by atoms with Crippen molar-refractivity contribution in [2.24, 2.45) is 0 Å². The van der Waals surface area contributed by atoms with Crippen molar-refractivity contribution in [2.75, 3.05) is 26.2 Å². The molecule has 2 rings (SSSR count). The number of piperidine rings is 1. The maximum Gasteiger partial charge on any atom is 0.224 e. The lowest BCUT2D eigenvalue weighted by molar-refractivity contribution is -0.120. The van der Waals surface area contributed by atoms with Crippen molar-refractivity contribution < 1.29 is 18.3 Å². The Kier molecular flexibility index (Phi) is 6.07. The van der Waals surface area contributed by atoms with Crippen molar-refractivity contribution >= 4 is 5.91 Å². The highest BCUT2D eigenvalue weighted by Crippen LogP contribution is 2.09. The largest absolute Gasteiger partial charge is 0.376 e. The van der Waals surface area contributed by atoms with E-state index in [0.717, 1.165) is 38.1 Å². The maximum absolute atomic E-state index is 13.0. The van der Waals surface area contributed by atoms with Crippen LogP contribution < -0.4 is 10.6 Å². The smallest absolute Gasteiger partial charge is 0.224 e. The second-order valence-corrected chi connectivity index (χ2v) is 5.10. The number of hydrogen-bond donors (Lipinski definition) is 2. The zero-order valence-electron chi connectivity index (χ0n) is 11.8. The van der Waals surface area contributed by atoms with Crippen LogP contribution in [0.2, 0.25) is 0 Å². The molecule has 1 aromatic rings. The third-order valence-corrected chi connectivity index (χ3v) is 3.41. The molecule has 1 fully saturated rings. The number of ether oxygens (including phenoxy) is 1. The molecule has 4 nitrogen and oxygen atoms in total. The van der Waals surface area contributed by atoms with E-state index in [0.29, 0.717) is 18.7 Å². The number of halogens is 2. The van der Waals surface area contributed by atoms with Crippen molar-refractivity contribution in [2.45, 2.75) is 25.4 Å². The van der Waals surface area contributed by atoms with Gasteiger partial charge in [-0.05, 0) is 43.6 Å². The van der Waals surface area contributed by atoms with Gasteiger partial charge in [0.25, 0.3) is 0 Å².